The monoisotopic (exact) mass is 362 g/mol. The molecule has 136 valence electrons. The number of aromatic nitrogens is 1. The third-order valence-electron chi connectivity index (χ3n) is 4.12. The van der Waals surface area contributed by atoms with Gasteiger partial charge in [-0.2, -0.15) is 0 Å². The summed E-state index contributed by atoms with van der Waals surface area (Å²) in [6.45, 7) is 0.284. The Hall–Kier alpha value is -3.03. The molecule has 2 heterocycles. The van der Waals surface area contributed by atoms with Crippen molar-refractivity contribution in [2.24, 2.45) is 5.92 Å². The first-order chi connectivity index (χ1) is 12.5. The van der Waals surface area contributed by atoms with Gasteiger partial charge in [-0.15, -0.1) is 0 Å². The Labute approximate surface area is 147 Å². The number of ether oxygens (including phenoxy) is 1. The van der Waals surface area contributed by atoms with E-state index in [9.17, 15) is 23.2 Å². The van der Waals surface area contributed by atoms with Crippen molar-refractivity contribution >= 4 is 17.6 Å². The molecule has 1 amide bonds. The number of esters is 1. The van der Waals surface area contributed by atoms with E-state index < -0.39 is 29.4 Å². The van der Waals surface area contributed by atoms with E-state index in [2.05, 4.69) is 0 Å². The lowest BCUT2D eigenvalue weighted by Crippen LogP contribution is -2.32. The predicted octanol–water partition coefficient (Wildman–Crippen LogP) is 1.72. The molecule has 1 fully saturated rings. The zero-order chi connectivity index (χ0) is 18.7. The maximum absolute atomic E-state index is 13.3. The second kappa shape index (κ2) is 7.47. The molecule has 1 atom stereocenters. The van der Waals surface area contributed by atoms with Crippen LogP contribution in [-0.2, 0) is 20.9 Å². The van der Waals surface area contributed by atoms with E-state index in [1.165, 1.54) is 15.5 Å². The Morgan fingerprint density at radius 3 is 2.58 bits per heavy atom. The van der Waals surface area contributed by atoms with Crippen molar-refractivity contribution in [1.82, 2.24) is 4.57 Å². The molecule has 0 saturated carbocycles. The SMILES string of the molecule is O=C(OCCn1ccccc1=O)[C@@H]1CCN(c2cc(F)cc(F)c2)C1=O. The lowest BCUT2D eigenvalue weighted by molar-refractivity contribution is -0.151. The molecule has 1 aliphatic heterocycles. The van der Waals surface area contributed by atoms with Gasteiger partial charge in [0.05, 0.1) is 6.54 Å². The van der Waals surface area contributed by atoms with Crippen molar-refractivity contribution in [3.8, 4) is 0 Å². The zero-order valence-corrected chi connectivity index (χ0v) is 13.7. The number of anilines is 1. The van der Waals surface area contributed by atoms with Crippen LogP contribution in [0.1, 0.15) is 6.42 Å². The van der Waals surface area contributed by atoms with E-state index in [1.54, 1.807) is 18.3 Å². The van der Waals surface area contributed by atoms with Crippen LogP contribution in [0.3, 0.4) is 0 Å². The van der Waals surface area contributed by atoms with E-state index >= 15 is 0 Å². The molecule has 1 saturated heterocycles. The van der Waals surface area contributed by atoms with Gasteiger partial charge in [0.2, 0.25) is 5.91 Å². The van der Waals surface area contributed by atoms with E-state index in [-0.39, 0.29) is 37.4 Å². The average Bonchev–Trinajstić information content (AvgIpc) is 2.97. The topological polar surface area (TPSA) is 68.6 Å². The standard InChI is InChI=1S/C18H16F2N2O4/c19-12-9-13(20)11-14(10-12)22-6-4-15(17(22)24)18(25)26-8-7-21-5-2-1-3-16(21)23/h1-3,5,9-11,15H,4,6-8H2/t15-/m1/s1. The summed E-state index contributed by atoms with van der Waals surface area (Å²) in [7, 11) is 0. The number of hydrogen-bond donors (Lipinski definition) is 0. The number of carbonyl (C=O) groups excluding carboxylic acids is 2. The van der Waals surface area contributed by atoms with Gasteiger partial charge in [-0.05, 0) is 24.6 Å². The number of nitrogens with zero attached hydrogens (tertiary/aromatic N) is 2. The Kier molecular flexibility index (Phi) is 5.11. The number of rotatable bonds is 5. The van der Waals surface area contributed by atoms with Crippen LogP contribution in [0.25, 0.3) is 0 Å². The van der Waals surface area contributed by atoms with Crippen molar-refractivity contribution in [3.63, 3.8) is 0 Å². The minimum atomic E-state index is -1.02. The molecule has 6 nitrogen and oxygen atoms in total. The summed E-state index contributed by atoms with van der Waals surface area (Å²) in [5.41, 5.74) is -0.154. The number of halogens is 2. The maximum atomic E-state index is 13.3. The molecule has 0 radical (unpaired) electrons. The predicted molar refractivity (Wildman–Crippen MR) is 88.5 cm³/mol. The fourth-order valence-electron chi connectivity index (χ4n) is 2.84. The Morgan fingerprint density at radius 1 is 1.15 bits per heavy atom. The molecule has 1 aliphatic rings. The largest absolute Gasteiger partial charge is 0.463 e. The van der Waals surface area contributed by atoms with Crippen molar-refractivity contribution in [3.05, 3.63) is 64.6 Å². The van der Waals surface area contributed by atoms with Crippen molar-refractivity contribution in [2.75, 3.05) is 18.1 Å². The number of hydrogen-bond acceptors (Lipinski definition) is 4. The van der Waals surface area contributed by atoms with Crippen LogP contribution in [0.4, 0.5) is 14.5 Å². The van der Waals surface area contributed by atoms with Crippen LogP contribution >= 0.6 is 0 Å². The van der Waals surface area contributed by atoms with Gasteiger partial charge < -0.3 is 14.2 Å². The van der Waals surface area contributed by atoms with Gasteiger partial charge in [0.15, 0.2) is 0 Å². The second-order valence-corrected chi connectivity index (χ2v) is 5.86. The summed E-state index contributed by atoms with van der Waals surface area (Å²) in [6, 6.07) is 7.46. The van der Waals surface area contributed by atoms with Crippen LogP contribution in [0.2, 0.25) is 0 Å². The first kappa shape index (κ1) is 17.8. The van der Waals surface area contributed by atoms with Gasteiger partial charge in [0, 0.05) is 30.6 Å². The highest BCUT2D eigenvalue weighted by Gasteiger charge is 2.39. The Balaban J connectivity index is 1.60. The average molecular weight is 362 g/mol. The molecule has 0 aliphatic carbocycles. The Bertz CT molecular complexity index is 877. The summed E-state index contributed by atoms with van der Waals surface area (Å²) in [5.74, 6) is -3.89. The molecule has 1 aromatic heterocycles. The quantitative estimate of drug-likeness (QED) is 0.600. The van der Waals surface area contributed by atoms with Gasteiger partial charge in [-0.1, -0.05) is 6.07 Å². The van der Waals surface area contributed by atoms with Crippen LogP contribution in [0, 0.1) is 17.6 Å². The van der Waals surface area contributed by atoms with Gasteiger partial charge in [0.25, 0.3) is 5.56 Å². The fraction of sp³-hybridized carbons (Fsp3) is 0.278. The van der Waals surface area contributed by atoms with E-state index in [0.717, 1.165) is 12.1 Å². The van der Waals surface area contributed by atoms with E-state index in [1.807, 2.05) is 0 Å². The lowest BCUT2D eigenvalue weighted by atomic mass is 10.1. The molecule has 0 spiro atoms. The van der Waals surface area contributed by atoms with Gasteiger partial charge >= 0.3 is 5.97 Å². The Morgan fingerprint density at radius 2 is 1.88 bits per heavy atom. The number of amides is 1. The van der Waals surface area contributed by atoms with Crippen LogP contribution in [-0.4, -0.2) is 29.6 Å². The molecule has 0 unspecified atom stereocenters. The zero-order valence-electron chi connectivity index (χ0n) is 13.7. The van der Waals surface area contributed by atoms with Crippen molar-refractivity contribution < 1.29 is 23.1 Å². The molecule has 0 bridgehead atoms. The second-order valence-electron chi connectivity index (χ2n) is 5.86. The minimum absolute atomic E-state index is 0.0544. The fourth-order valence-corrected chi connectivity index (χ4v) is 2.84. The summed E-state index contributed by atoms with van der Waals surface area (Å²) in [6.07, 6.45) is 1.76. The highest BCUT2D eigenvalue weighted by Crippen LogP contribution is 2.27. The lowest BCUT2D eigenvalue weighted by Gasteiger charge is -2.17. The molecule has 1 aromatic carbocycles. The highest BCUT2D eigenvalue weighted by molar-refractivity contribution is 6.08. The summed E-state index contributed by atoms with van der Waals surface area (Å²) in [4.78, 5) is 37.2. The summed E-state index contributed by atoms with van der Waals surface area (Å²) in [5, 5.41) is 0. The molecule has 2 aromatic rings. The third kappa shape index (κ3) is 3.79. The van der Waals surface area contributed by atoms with Crippen LogP contribution in [0.15, 0.2) is 47.4 Å². The number of carbonyl (C=O) groups is 2. The normalized spacial score (nSPS) is 16.8. The smallest absolute Gasteiger partial charge is 0.318 e. The minimum Gasteiger partial charge on any atom is -0.463 e. The first-order valence-electron chi connectivity index (χ1n) is 8.05. The van der Waals surface area contributed by atoms with Gasteiger partial charge in [0.1, 0.15) is 24.2 Å². The van der Waals surface area contributed by atoms with Crippen molar-refractivity contribution in [2.45, 2.75) is 13.0 Å². The molecule has 0 N–H and O–H groups in total. The summed E-state index contributed by atoms with van der Waals surface area (Å²) < 4.78 is 33.1. The summed E-state index contributed by atoms with van der Waals surface area (Å²) >= 11 is 0. The molecule has 26 heavy (non-hydrogen) atoms. The highest BCUT2D eigenvalue weighted by atomic mass is 19.1. The number of pyridine rings is 1. The molecule has 8 heteroatoms. The van der Waals surface area contributed by atoms with E-state index in [4.69, 9.17) is 4.74 Å². The first-order valence-corrected chi connectivity index (χ1v) is 8.05. The molecular weight excluding hydrogens is 346 g/mol. The van der Waals surface area contributed by atoms with E-state index in [0.29, 0.717) is 6.07 Å². The maximum Gasteiger partial charge on any atom is 0.318 e. The van der Waals surface area contributed by atoms with Crippen molar-refractivity contribution in [1.29, 1.82) is 0 Å². The third-order valence-corrected chi connectivity index (χ3v) is 4.12. The van der Waals surface area contributed by atoms with Crippen LogP contribution < -0.4 is 10.5 Å². The van der Waals surface area contributed by atoms with Gasteiger partial charge in [-0.25, -0.2) is 8.78 Å². The van der Waals surface area contributed by atoms with Gasteiger partial charge in [-0.3, -0.25) is 14.4 Å². The number of benzene rings is 1. The van der Waals surface area contributed by atoms with Crippen LogP contribution in [0.5, 0.6) is 0 Å². The molecular formula is C18H16F2N2O4. The molecule has 3 rings (SSSR count).